The summed E-state index contributed by atoms with van der Waals surface area (Å²) in [7, 11) is 0. The van der Waals surface area contributed by atoms with Gasteiger partial charge in [0.05, 0.1) is 17.7 Å². The molecule has 3 rings (SSSR count). The first-order chi connectivity index (χ1) is 15.0. The summed E-state index contributed by atoms with van der Waals surface area (Å²) in [5, 5.41) is 66.2. The normalized spacial score (nSPS) is 19.9. The zero-order valence-corrected chi connectivity index (χ0v) is 15.8. The van der Waals surface area contributed by atoms with Crippen molar-refractivity contribution in [3.05, 3.63) is 35.4 Å². The second-order valence-electron chi connectivity index (χ2n) is 6.58. The number of hydrogen-bond acceptors (Lipinski definition) is 13. The van der Waals surface area contributed by atoms with Crippen LogP contribution in [0.15, 0.2) is 24.3 Å². The molecule has 2 aromatic carbocycles. The fraction of sp³-hybridized carbons (Fsp3) is 0.211. The lowest BCUT2D eigenvalue weighted by atomic mass is 10.1. The predicted octanol–water partition coefficient (Wildman–Crippen LogP) is -0.411. The van der Waals surface area contributed by atoms with Crippen molar-refractivity contribution >= 4 is 17.9 Å². The highest BCUT2D eigenvalue weighted by atomic mass is 16.7. The van der Waals surface area contributed by atoms with E-state index in [-0.39, 0.29) is 0 Å². The van der Waals surface area contributed by atoms with Gasteiger partial charge in [0.25, 0.3) is 0 Å². The third-order valence-electron chi connectivity index (χ3n) is 4.43. The molecule has 1 aliphatic rings. The predicted molar refractivity (Wildman–Crippen MR) is 98.2 cm³/mol. The lowest BCUT2D eigenvalue weighted by molar-refractivity contribution is -0.148. The first kappa shape index (κ1) is 22.3. The molecule has 3 atom stereocenters. The first-order valence-electron chi connectivity index (χ1n) is 8.76. The van der Waals surface area contributed by atoms with Gasteiger partial charge in [-0.2, -0.15) is 0 Å². The summed E-state index contributed by atoms with van der Waals surface area (Å²) in [5.74, 6) is -8.87. The minimum atomic E-state index is -1.87. The molecule has 1 heterocycles. The Balaban J connectivity index is 1.84. The topological polar surface area (TPSA) is 221 Å². The van der Waals surface area contributed by atoms with Crippen molar-refractivity contribution in [3.8, 4) is 34.5 Å². The van der Waals surface area contributed by atoms with E-state index in [2.05, 4.69) is 0 Å². The van der Waals surface area contributed by atoms with Gasteiger partial charge in [-0.3, -0.25) is 0 Å². The molecule has 32 heavy (non-hydrogen) atoms. The van der Waals surface area contributed by atoms with Crippen LogP contribution in [0, 0.1) is 0 Å². The molecule has 7 N–H and O–H groups in total. The van der Waals surface area contributed by atoms with Crippen molar-refractivity contribution in [2.24, 2.45) is 0 Å². The van der Waals surface area contributed by atoms with Crippen molar-refractivity contribution in [3.63, 3.8) is 0 Å². The van der Waals surface area contributed by atoms with Crippen LogP contribution in [0.1, 0.15) is 20.7 Å². The van der Waals surface area contributed by atoms with E-state index in [9.17, 15) is 50.1 Å². The van der Waals surface area contributed by atoms with Crippen LogP contribution in [-0.2, 0) is 19.0 Å². The molecule has 0 amide bonds. The lowest BCUT2D eigenvalue weighted by Crippen LogP contribution is -2.40. The molecule has 2 aromatic rings. The van der Waals surface area contributed by atoms with E-state index >= 15 is 0 Å². The number of cyclic esters (lactones) is 1. The summed E-state index contributed by atoms with van der Waals surface area (Å²) in [6, 6.07) is 2.99. The Hall–Kier alpha value is -4.39. The Bertz CT molecular complexity index is 1050. The molecule has 1 aliphatic heterocycles. The van der Waals surface area contributed by atoms with E-state index in [0.717, 1.165) is 24.3 Å². The molecule has 0 aromatic heterocycles. The minimum Gasteiger partial charge on any atom is -0.504 e. The Morgan fingerprint density at radius 3 is 1.59 bits per heavy atom. The number of carbonyl (C=O) groups is 3. The zero-order chi connectivity index (χ0) is 23.7. The van der Waals surface area contributed by atoms with Crippen LogP contribution in [0.3, 0.4) is 0 Å². The maximum atomic E-state index is 12.4. The Morgan fingerprint density at radius 1 is 0.781 bits per heavy atom. The van der Waals surface area contributed by atoms with Crippen molar-refractivity contribution in [2.45, 2.75) is 18.3 Å². The van der Waals surface area contributed by atoms with Gasteiger partial charge in [-0.25, -0.2) is 14.4 Å². The molecule has 0 bridgehead atoms. The van der Waals surface area contributed by atoms with E-state index in [4.69, 9.17) is 14.2 Å². The maximum absolute atomic E-state index is 12.4. The van der Waals surface area contributed by atoms with E-state index in [1.807, 2.05) is 0 Å². The second kappa shape index (κ2) is 8.39. The molecule has 1 saturated heterocycles. The summed E-state index contributed by atoms with van der Waals surface area (Å²) in [4.78, 5) is 36.9. The van der Waals surface area contributed by atoms with Gasteiger partial charge in [0, 0.05) is 0 Å². The molecule has 0 aliphatic carbocycles. The number of aromatic hydroxyl groups is 6. The van der Waals surface area contributed by atoms with Gasteiger partial charge < -0.3 is 50.0 Å². The quantitative estimate of drug-likeness (QED) is 0.174. The molecular formula is C19H16O13. The van der Waals surface area contributed by atoms with Gasteiger partial charge in [0.1, 0.15) is 0 Å². The first-order valence-corrected chi connectivity index (χ1v) is 8.76. The summed E-state index contributed by atoms with van der Waals surface area (Å²) >= 11 is 0. The third kappa shape index (κ3) is 4.09. The summed E-state index contributed by atoms with van der Waals surface area (Å²) in [6.45, 7) is -0.829. The van der Waals surface area contributed by atoms with E-state index < -0.39 is 88.5 Å². The molecule has 1 fully saturated rings. The van der Waals surface area contributed by atoms with Crippen LogP contribution in [0.25, 0.3) is 0 Å². The van der Waals surface area contributed by atoms with Crippen molar-refractivity contribution in [1.82, 2.24) is 0 Å². The third-order valence-corrected chi connectivity index (χ3v) is 4.43. The molecule has 0 saturated carbocycles. The smallest absolute Gasteiger partial charge is 0.352 e. The number of phenols is 6. The number of esters is 3. The highest BCUT2D eigenvalue weighted by Crippen LogP contribution is 2.37. The number of phenolic OH excluding ortho intramolecular Hbond substituents is 6. The number of aliphatic hydroxyl groups is 1. The fourth-order valence-electron chi connectivity index (χ4n) is 2.83. The van der Waals surface area contributed by atoms with Gasteiger partial charge in [0.2, 0.25) is 6.10 Å². The highest BCUT2D eigenvalue weighted by Gasteiger charge is 2.50. The molecule has 170 valence electrons. The van der Waals surface area contributed by atoms with Crippen LogP contribution in [-0.4, -0.2) is 78.6 Å². The molecule has 0 radical (unpaired) electrons. The number of hydrogen-bond donors (Lipinski definition) is 7. The number of ether oxygens (including phenoxy) is 3. The molecule has 13 heteroatoms. The number of aliphatic hydroxyl groups excluding tert-OH is 1. The van der Waals surface area contributed by atoms with Gasteiger partial charge in [-0.15, -0.1) is 0 Å². The fourth-order valence-corrected chi connectivity index (χ4v) is 2.83. The van der Waals surface area contributed by atoms with Gasteiger partial charge in [0.15, 0.2) is 46.7 Å². The van der Waals surface area contributed by atoms with Gasteiger partial charge >= 0.3 is 17.9 Å². The van der Waals surface area contributed by atoms with Gasteiger partial charge in [-0.05, 0) is 24.3 Å². The lowest BCUT2D eigenvalue weighted by Gasteiger charge is -2.20. The average molecular weight is 452 g/mol. The summed E-state index contributed by atoms with van der Waals surface area (Å²) in [6.07, 6.45) is -4.98. The van der Waals surface area contributed by atoms with Crippen LogP contribution in [0.2, 0.25) is 0 Å². The molecule has 0 unspecified atom stereocenters. The Labute approximate surface area is 177 Å². The summed E-state index contributed by atoms with van der Waals surface area (Å²) < 4.78 is 14.9. The average Bonchev–Trinajstić information content (AvgIpc) is 3.03. The molecular weight excluding hydrogens is 436 g/mol. The number of rotatable bonds is 5. The van der Waals surface area contributed by atoms with Crippen LogP contribution < -0.4 is 0 Å². The maximum Gasteiger partial charge on any atom is 0.352 e. The zero-order valence-electron chi connectivity index (χ0n) is 15.8. The monoisotopic (exact) mass is 452 g/mol. The Morgan fingerprint density at radius 2 is 1.19 bits per heavy atom. The minimum absolute atomic E-state index is 0.452. The molecule has 0 spiro atoms. The standard InChI is InChI=1S/C19H16O13/c20-5-12-15(31-17(27)6-1-8(21)13(25)9(22)2-6)16(19(29)30-12)32-18(28)7-3-10(23)14(26)11(24)4-7/h1-4,12,15-16,20-26H,5H2/t12-,15-,16-/m1/s1. The SMILES string of the molecule is O=C(O[C@@H]1[C@@H](CO)OC(=O)[C@@H]1OC(=O)c1cc(O)c(O)c(O)c1)c1cc(O)c(O)c(O)c1. The summed E-state index contributed by atoms with van der Waals surface area (Å²) in [5.41, 5.74) is -0.927. The molecule has 13 nitrogen and oxygen atoms in total. The van der Waals surface area contributed by atoms with Crippen molar-refractivity contribution in [2.75, 3.05) is 6.61 Å². The van der Waals surface area contributed by atoms with Crippen LogP contribution in [0.4, 0.5) is 0 Å². The van der Waals surface area contributed by atoms with Crippen molar-refractivity contribution < 1.29 is 64.3 Å². The van der Waals surface area contributed by atoms with E-state index in [0.29, 0.717) is 0 Å². The van der Waals surface area contributed by atoms with Crippen molar-refractivity contribution in [1.29, 1.82) is 0 Å². The number of benzene rings is 2. The van der Waals surface area contributed by atoms with E-state index in [1.54, 1.807) is 0 Å². The van der Waals surface area contributed by atoms with Gasteiger partial charge in [-0.1, -0.05) is 0 Å². The van der Waals surface area contributed by atoms with Crippen LogP contribution in [0.5, 0.6) is 34.5 Å². The Kier molecular flexibility index (Phi) is 5.85. The van der Waals surface area contributed by atoms with Crippen LogP contribution >= 0.6 is 0 Å². The highest BCUT2D eigenvalue weighted by molar-refractivity contribution is 5.94. The largest absolute Gasteiger partial charge is 0.504 e. The van der Waals surface area contributed by atoms with E-state index in [1.165, 1.54) is 0 Å². The number of carbonyl (C=O) groups excluding carboxylic acids is 3. The second-order valence-corrected chi connectivity index (χ2v) is 6.58.